The summed E-state index contributed by atoms with van der Waals surface area (Å²) in [6, 6.07) is 5.94. The minimum atomic E-state index is -4.25. The van der Waals surface area contributed by atoms with E-state index in [9.17, 15) is 18.0 Å². The lowest BCUT2D eigenvalue weighted by molar-refractivity contribution is -0.189. The molecule has 0 aromatic heterocycles. The predicted molar refractivity (Wildman–Crippen MR) is 74.5 cm³/mol. The lowest BCUT2D eigenvalue weighted by atomic mass is 9.84. The standard InChI is InChI=1S/C15H19F3N2O/c16-15(17,18)12-3-1-2-4-13(12)20-14(21)9-10-5-7-11(19)8-6-10/h5-8,12-13H,1-4,9,19H2,(H,20,21). The molecule has 1 aromatic rings. The lowest BCUT2D eigenvalue weighted by Gasteiger charge is -2.33. The van der Waals surface area contributed by atoms with Gasteiger partial charge in [-0.05, 0) is 30.5 Å². The number of carbonyl (C=O) groups excluding carboxylic acids is 1. The van der Waals surface area contributed by atoms with Crippen molar-refractivity contribution in [1.82, 2.24) is 5.32 Å². The molecule has 116 valence electrons. The summed E-state index contributed by atoms with van der Waals surface area (Å²) in [5.74, 6) is -1.80. The number of anilines is 1. The number of hydrogen-bond acceptors (Lipinski definition) is 2. The molecule has 3 N–H and O–H groups in total. The van der Waals surface area contributed by atoms with Crippen molar-refractivity contribution in [1.29, 1.82) is 0 Å². The first kappa shape index (κ1) is 15.7. The van der Waals surface area contributed by atoms with Gasteiger partial charge >= 0.3 is 6.18 Å². The smallest absolute Gasteiger partial charge is 0.393 e. The molecule has 0 heterocycles. The first-order valence-corrected chi connectivity index (χ1v) is 7.07. The zero-order valence-electron chi connectivity index (χ0n) is 11.6. The molecule has 0 aliphatic heterocycles. The molecular formula is C15H19F3N2O. The maximum absolute atomic E-state index is 12.9. The average Bonchev–Trinajstić information content (AvgIpc) is 2.41. The number of nitrogens with one attached hydrogen (secondary N) is 1. The summed E-state index contributed by atoms with van der Waals surface area (Å²) in [4.78, 5) is 11.9. The number of alkyl halides is 3. The minimum absolute atomic E-state index is 0.0708. The molecule has 0 spiro atoms. The van der Waals surface area contributed by atoms with Gasteiger partial charge in [-0.2, -0.15) is 13.2 Å². The topological polar surface area (TPSA) is 55.1 Å². The average molecular weight is 300 g/mol. The summed E-state index contributed by atoms with van der Waals surface area (Å²) in [5, 5.41) is 2.55. The Morgan fingerprint density at radius 3 is 2.43 bits per heavy atom. The van der Waals surface area contributed by atoms with Gasteiger partial charge in [0.1, 0.15) is 0 Å². The second-order valence-corrected chi connectivity index (χ2v) is 5.52. The van der Waals surface area contributed by atoms with Gasteiger partial charge in [0.05, 0.1) is 12.3 Å². The maximum Gasteiger partial charge on any atom is 0.393 e. The van der Waals surface area contributed by atoms with Crippen LogP contribution in [0.4, 0.5) is 18.9 Å². The molecule has 0 bridgehead atoms. The van der Waals surface area contributed by atoms with E-state index in [4.69, 9.17) is 5.73 Å². The monoisotopic (exact) mass is 300 g/mol. The van der Waals surface area contributed by atoms with Crippen molar-refractivity contribution >= 4 is 11.6 Å². The Morgan fingerprint density at radius 1 is 1.19 bits per heavy atom. The fraction of sp³-hybridized carbons (Fsp3) is 0.533. The maximum atomic E-state index is 12.9. The molecule has 2 atom stereocenters. The number of hydrogen-bond donors (Lipinski definition) is 2. The van der Waals surface area contributed by atoms with Gasteiger partial charge in [-0.3, -0.25) is 4.79 Å². The normalized spacial score (nSPS) is 22.8. The number of halogens is 3. The van der Waals surface area contributed by atoms with Gasteiger partial charge in [0.2, 0.25) is 5.91 Å². The van der Waals surface area contributed by atoms with Crippen molar-refractivity contribution in [2.45, 2.75) is 44.3 Å². The molecule has 21 heavy (non-hydrogen) atoms. The molecule has 1 fully saturated rings. The first-order chi connectivity index (χ1) is 9.86. The van der Waals surface area contributed by atoms with E-state index >= 15 is 0 Å². The van der Waals surface area contributed by atoms with Gasteiger partial charge in [0.15, 0.2) is 0 Å². The number of carbonyl (C=O) groups is 1. The number of amides is 1. The Morgan fingerprint density at radius 2 is 1.81 bits per heavy atom. The van der Waals surface area contributed by atoms with Crippen LogP contribution in [0, 0.1) is 5.92 Å². The number of rotatable bonds is 3. The van der Waals surface area contributed by atoms with Crippen molar-refractivity contribution in [3.8, 4) is 0 Å². The van der Waals surface area contributed by atoms with Crippen LogP contribution in [0.1, 0.15) is 31.2 Å². The Labute approximate surface area is 121 Å². The highest BCUT2D eigenvalue weighted by Gasteiger charge is 2.45. The van der Waals surface area contributed by atoms with Gasteiger partial charge in [-0.1, -0.05) is 25.0 Å². The number of nitrogens with two attached hydrogens (primary N) is 1. The van der Waals surface area contributed by atoms with Gasteiger partial charge < -0.3 is 11.1 Å². The Kier molecular flexibility index (Phi) is 4.75. The molecule has 2 unspecified atom stereocenters. The van der Waals surface area contributed by atoms with E-state index in [2.05, 4.69) is 5.32 Å². The van der Waals surface area contributed by atoms with Crippen molar-refractivity contribution in [2.75, 3.05) is 5.73 Å². The van der Waals surface area contributed by atoms with E-state index in [0.29, 0.717) is 18.5 Å². The van der Waals surface area contributed by atoms with E-state index in [1.54, 1.807) is 24.3 Å². The van der Waals surface area contributed by atoms with Crippen LogP contribution in [0.2, 0.25) is 0 Å². The highest BCUT2D eigenvalue weighted by Crippen LogP contribution is 2.37. The van der Waals surface area contributed by atoms with E-state index < -0.39 is 18.1 Å². The van der Waals surface area contributed by atoms with Crippen LogP contribution in [-0.4, -0.2) is 18.1 Å². The zero-order valence-corrected chi connectivity index (χ0v) is 11.6. The van der Waals surface area contributed by atoms with Crippen LogP contribution in [0.3, 0.4) is 0 Å². The summed E-state index contributed by atoms with van der Waals surface area (Å²) < 4.78 is 38.8. The fourth-order valence-electron chi connectivity index (χ4n) is 2.77. The Bertz CT molecular complexity index is 485. The van der Waals surface area contributed by atoms with E-state index in [-0.39, 0.29) is 18.7 Å². The van der Waals surface area contributed by atoms with E-state index in [1.165, 1.54) is 0 Å². The van der Waals surface area contributed by atoms with Crippen molar-refractivity contribution in [2.24, 2.45) is 5.92 Å². The van der Waals surface area contributed by atoms with Gasteiger partial charge in [-0.15, -0.1) is 0 Å². The van der Waals surface area contributed by atoms with E-state index in [0.717, 1.165) is 12.0 Å². The molecule has 1 aromatic carbocycles. The molecule has 1 aliphatic rings. The third-order valence-corrected chi connectivity index (χ3v) is 3.88. The lowest BCUT2D eigenvalue weighted by Crippen LogP contribution is -2.48. The van der Waals surface area contributed by atoms with Crippen molar-refractivity contribution in [3.05, 3.63) is 29.8 Å². The highest BCUT2D eigenvalue weighted by atomic mass is 19.4. The van der Waals surface area contributed by atoms with E-state index in [1.807, 2.05) is 0 Å². The molecule has 3 nitrogen and oxygen atoms in total. The summed E-state index contributed by atoms with van der Waals surface area (Å²) in [6.07, 6.45) is -2.41. The third-order valence-electron chi connectivity index (χ3n) is 3.88. The Hall–Kier alpha value is -1.72. The van der Waals surface area contributed by atoms with Crippen LogP contribution in [0.25, 0.3) is 0 Å². The van der Waals surface area contributed by atoms with Gasteiger partial charge in [0.25, 0.3) is 0 Å². The second kappa shape index (κ2) is 6.37. The summed E-state index contributed by atoms with van der Waals surface area (Å²) >= 11 is 0. The minimum Gasteiger partial charge on any atom is -0.399 e. The fourth-order valence-corrected chi connectivity index (χ4v) is 2.77. The second-order valence-electron chi connectivity index (χ2n) is 5.52. The first-order valence-electron chi connectivity index (χ1n) is 7.07. The van der Waals surface area contributed by atoms with Crippen LogP contribution >= 0.6 is 0 Å². The van der Waals surface area contributed by atoms with Gasteiger partial charge in [0, 0.05) is 11.7 Å². The van der Waals surface area contributed by atoms with Crippen LogP contribution in [0.5, 0.6) is 0 Å². The molecule has 1 saturated carbocycles. The molecule has 1 aliphatic carbocycles. The SMILES string of the molecule is Nc1ccc(CC(=O)NC2CCCCC2C(F)(F)F)cc1. The molecule has 0 radical (unpaired) electrons. The molecule has 2 rings (SSSR count). The van der Waals surface area contributed by atoms with Crippen LogP contribution in [0.15, 0.2) is 24.3 Å². The Balaban J connectivity index is 1.95. The van der Waals surface area contributed by atoms with Gasteiger partial charge in [-0.25, -0.2) is 0 Å². The highest BCUT2D eigenvalue weighted by molar-refractivity contribution is 5.79. The largest absolute Gasteiger partial charge is 0.399 e. The van der Waals surface area contributed by atoms with Crippen molar-refractivity contribution < 1.29 is 18.0 Å². The summed E-state index contributed by atoms with van der Waals surface area (Å²) in [6.45, 7) is 0. The summed E-state index contributed by atoms with van der Waals surface area (Å²) in [7, 11) is 0. The molecular weight excluding hydrogens is 281 g/mol. The van der Waals surface area contributed by atoms with Crippen LogP contribution < -0.4 is 11.1 Å². The molecule has 6 heteroatoms. The number of nitrogen functional groups attached to an aromatic ring is 1. The summed E-state index contributed by atoms with van der Waals surface area (Å²) in [5.41, 5.74) is 6.87. The zero-order chi connectivity index (χ0) is 15.5. The molecule has 1 amide bonds. The molecule has 0 saturated heterocycles. The number of benzene rings is 1. The van der Waals surface area contributed by atoms with Crippen molar-refractivity contribution in [3.63, 3.8) is 0 Å². The third kappa shape index (κ3) is 4.37. The quantitative estimate of drug-likeness (QED) is 0.843. The predicted octanol–water partition coefficient (Wildman–Crippen LogP) is 3.05. The van der Waals surface area contributed by atoms with Crippen LogP contribution in [-0.2, 0) is 11.2 Å².